The zero-order valence-electron chi connectivity index (χ0n) is 49.8. The van der Waals surface area contributed by atoms with Gasteiger partial charge in [-0.05, 0) is 125 Å². The summed E-state index contributed by atoms with van der Waals surface area (Å²) in [5.41, 5.74) is -2.93. The smallest absolute Gasteiger partial charge is 0.320 e. The van der Waals surface area contributed by atoms with Gasteiger partial charge in [0.25, 0.3) is 5.91 Å². The maximum atomic E-state index is 15.4. The summed E-state index contributed by atoms with van der Waals surface area (Å²) in [7, 11) is 8.41. The first-order valence-electron chi connectivity index (χ1n) is 28.7. The van der Waals surface area contributed by atoms with Crippen LogP contribution in [-0.2, 0) is 52.3 Å². The third-order valence-electron chi connectivity index (χ3n) is 18.1. The Bertz CT molecular complexity index is 2420. The number of carbonyl (C=O) groups excluding carboxylic acids is 4. The number of ether oxygens (including phenoxy) is 10. The van der Waals surface area contributed by atoms with E-state index in [4.69, 9.17) is 47.4 Å². The number of hydrogen-bond acceptors (Lipinski definition) is 19. The highest BCUT2D eigenvalue weighted by molar-refractivity contribution is 8.00. The highest BCUT2D eigenvalue weighted by atomic mass is 32.2. The lowest BCUT2D eigenvalue weighted by molar-refractivity contribution is -0.319. The standard InChI is InChI=1S/C60H91N3O16S/c1-16-45-60(10)47(51(56(69)79-60)80-28-27-63(54(67)39-23-25-61-26-24-39)40-21-22-43(70-13)44(30-40)75-41-19-17-18-20-41)35(4)48(64)33(2)31-59(9,72-15)53(78-57-49(65)42(62(11)12)29-34(3)73-57)36(5)50(37(6)55(68)76-45)77-46-32-58(8,71-14)52(66)38(7)74-46/h21-26,30,33-38,41-42,45-47,49-53,57,65-66H,16-20,27-29,31-32H2,1-15H3/t33-,34-,35-,36+,37-,38+,42+,45-,46+,47+,49-,50+,51?,52+,53-,57+,58-,59-,60-/m1/s1. The molecule has 0 radical (unpaired) electrons. The number of benzene rings is 1. The molecule has 1 saturated carbocycles. The number of aliphatic hydroxyl groups is 2. The van der Waals surface area contributed by atoms with E-state index in [0.717, 1.165) is 25.7 Å². The Morgan fingerprint density at radius 2 is 1.52 bits per heavy atom. The molecule has 1 amide bonds. The van der Waals surface area contributed by atoms with E-state index in [1.165, 1.54) is 26.0 Å². The van der Waals surface area contributed by atoms with Gasteiger partial charge in [-0.25, -0.2) is 0 Å². The minimum Gasteiger partial charge on any atom is -0.493 e. The van der Waals surface area contributed by atoms with Crippen molar-refractivity contribution in [3.05, 3.63) is 48.3 Å². The maximum absolute atomic E-state index is 15.4. The first-order valence-corrected chi connectivity index (χ1v) is 29.8. The van der Waals surface area contributed by atoms with Gasteiger partial charge in [-0.1, -0.05) is 27.7 Å². The molecule has 5 fully saturated rings. The molecule has 4 aliphatic heterocycles. The number of anilines is 1. The molecule has 4 saturated heterocycles. The number of cyclic esters (lactones) is 1. The summed E-state index contributed by atoms with van der Waals surface area (Å²) < 4.78 is 64.4. The van der Waals surface area contributed by atoms with Crippen LogP contribution in [0.2, 0.25) is 0 Å². The summed E-state index contributed by atoms with van der Waals surface area (Å²) in [6.07, 6.45) is -0.312. The van der Waals surface area contributed by atoms with E-state index in [2.05, 4.69) is 4.98 Å². The Balaban J connectivity index is 1.26. The van der Waals surface area contributed by atoms with E-state index in [1.54, 1.807) is 83.3 Å². The van der Waals surface area contributed by atoms with Gasteiger partial charge in [0.1, 0.15) is 29.3 Å². The molecule has 448 valence electrons. The second kappa shape index (κ2) is 26.7. The molecule has 2 aromatic rings. The van der Waals surface area contributed by atoms with Crippen LogP contribution in [0.3, 0.4) is 0 Å². The number of methoxy groups -OCH3 is 3. The molecule has 1 aromatic carbocycles. The van der Waals surface area contributed by atoms with Crippen LogP contribution in [0.25, 0.3) is 0 Å². The molecular weight excluding hydrogens is 1050 g/mol. The Labute approximate surface area is 478 Å². The van der Waals surface area contributed by atoms with Crippen molar-refractivity contribution in [1.82, 2.24) is 9.88 Å². The number of amides is 1. The molecule has 1 aliphatic carbocycles. The molecule has 1 unspecified atom stereocenters. The first-order chi connectivity index (χ1) is 37.8. The van der Waals surface area contributed by atoms with Crippen LogP contribution < -0.4 is 14.4 Å². The van der Waals surface area contributed by atoms with Crippen LogP contribution in [0.1, 0.15) is 131 Å². The van der Waals surface area contributed by atoms with Crippen molar-refractivity contribution in [2.45, 2.75) is 210 Å². The van der Waals surface area contributed by atoms with Gasteiger partial charge in [-0.15, -0.1) is 11.8 Å². The van der Waals surface area contributed by atoms with Crippen molar-refractivity contribution >= 4 is 41.1 Å². The summed E-state index contributed by atoms with van der Waals surface area (Å²) in [5.74, 6) is -4.62. The van der Waals surface area contributed by atoms with Crippen molar-refractivity contribution in [2.75, 3.05) is 52.6 Å². The Kier molecular flexibility index (Phi) is 21.3. The maximum Gasteiger partial charge on any atom is 0.320 e. The molecule has 19 nitrogen and oxygen atoms in total. The molecule has 5 heterocycles. The molecule has 20 heteroatoms. The quantitative estimate of drug-likeness (QED) is 0.147. The summed E-state index contributed by atoms with van der Waals surface area (Å²) in [4.78, 5) is 67.6. The van der Waals surface area contributed by atoms with E-state index in [1.807, 2.05) is 59.7 Å². The minimum atomic E-state index is -1.50. The van der Waals surface area contributed by atoms with E-state index < -0.39 is 113 Å². The summed E-state index contributed by atoms with van der Waals surface area (Å²) in [6.45, 7) is 18.2. The molecule has 0 bridgehead atoms. The Morgan fingerprint density at radius 1 is 0.850 bits per heavy atom. The number of fused-ring (bicyclic) bond motifs is 1. The highest BCUT2D eigenvalue weighted by Gasteiger charge is 2.62. The third kappa shape index (κ3) is 13.5. The van der Waals surface area contributed by atoms with Gasteiger partial charge < -0.3 is 67.4 Å². The van der Waals surface area contributed by atoms with E-state index >= 15 is 9.59 Å². The second-order valence-corrected chi connectivity index (χ2v) is 25.2. The van der Waals surface area contributed by atoms with Crippen LogP contribution in [0.15, 0.2) is 42.7 Å². The van der Waals surface area contributed by atoms with E-state index in [9.17, 15) is 19.8 Å². The molecule has 1 aromatic heterocycles. The Hall–Kier alpha value is -3.96. The molecular formula is C60H91N3O16S. The number of hydrogen-bond donors (Lipinski definition) is 2. The number of pyridine rings is 1. The molecule has 5 aliphatic rings. The SMILES string of the molecule is CC[C@H]1OC(=O)[C@H](C)[C@@H](O[C@H]2C[C@@](C)(OC)[C@@H](O)[C@H](C)O2)[C@H](C)[C@@H](O[C@@H]2O[C@H](C)C[C@H](N(C)C)[C@H]2O)[C@](C)(OC)C[C@@H](C)C(=O)[C@H](C)[C@H]2C(SCCN(C(=O)c3ccncc3)c3ccc(OC)c(OC4CCCC4)c3)C(=O)O[C@@]21C. The lowest BCUT2D eigenvalue weighted by Gasteiger charge is -2.50. The van der Waals surface area contributed by atoms with Gasteiger partial charge in [0.15, 0.2) is 29.7 Å². The first kappa shape index (κ1) is 63.6. The highest BCUT2D eigenvalue weighted by Crippen LogP contribution is 2.50. The number of aliphatic hydroxyl groups excluding tert-OH is 2. The lowest BCUT2D eigenvalue weighted by atomic mass is 9.70. The largest absolute Gasteiger partial charge is 0.493 e. The van der Waals surface area contributed by atoms with Crippen LogP contribution in [0.4, 0.5) is 5.69 Å². The minimum absolute atomic E-state index is 0.0221. The average Bonchev–Trinajstić information content (AvgIpc) is 4.06. The Morgan fingerprint density at radius 3 is 2.15 bits per heavy atom. The molecule has 7 rings (SSSR count). The van der Waals surface area contributed by atoms with Crippen molar-refractivity contribution in [2.24, 2.45) is 29.6 Å². The number of esters is 2. The van der Waals surface area contributed by atoms with Gasteiger partial charge >= 0.3 is 11.9 Å². The third-order valence-corrected chi connectivity index (χ3v) is 19.4. The van der Waals surface area contributed by atoms with E-state index in [-0.39, 0.29) is 61.5 Å². The molecule has 2 N–H and O–H groups in total. The number of likely N-dealkylation sites (N-methyl/N-ethyl adjacent to an activating group) is 1. The van der Waals surface area contributed by atoms with Crippen LogP contribution in [0, 0.1) is 29.6 Å². The fraction of sp³-hybridized carbons (Fsp3) is 0.750. The van der Waals surface area contributed by atoms with Crippen LogP contribution >= 0.6 is 11.8 Å². The number of thioether (sulfide) groups is 1. The molecule has 80 heavy (non-hydrogen) atoms. The molecule has 0 spiro atoms. The monoisotopic (exact) mass is 1140 g/mol. The number of ketones is 1. The van der Waals surface area contributed by atoms with Crippen molar-refractivity contribution in [3.8, 4) is 11.5 Å². The zero-order chi connectivity index (χ0) is 58.6. The summed E-state index contributed by atoms with van der Waals surface area (Å²) in [5, 5.41) is 22.2. The van der Waals surface area contributed by atoms with Gasteiger partial charge in [0.2, 0.25) is 0 Å². The fourth-order valence-corrected chi connectivity index (χ4v) is 14.7. The van der Waals surface area contributed by atoms with Gasteiger partial charge in [0, 0.05) is 92.4 Å². The number of nitrogens with zero attached hydrogens (tertiary/aromatic N) is 3. The zero-order valence-corrected chi connectivity index (χ0v) is 50.6. The van der Waals surface area contributed by atoms with Crippen molar-refractivity contribution in [1.29, 1.82) is 0 Å². The summed E-state index contributed by atoms with van der Waals surface area (Å²) >= 11 is 1.29. The van der Waals surface area contributed by atoms with Crippen molar-refractivity contribution < 1.29 is 76.8 Å². The normalized spacial score (nSPS) is 38.5. The number of aromatic nitrogens is 1. The van der Waals surface area contributed by atoms with Crippen molar-refractivity contribution in [3.63, 3.8) is 0 Å². The lowest BCUT2D eigenvalue weighted by Crippen LogP contribution is -2.61. The number of carbonyl (C=O) groups is 4. The predicted octanol–water partition coefficient (Wildman–Crippen LogP) is 7.43. The van der Waals surface area contributed by atoms with Crippen LogP contribution in [-0.4, -0.2) is 181 Å². The summed E-state index contributed by atoms with van der Waals surface area (Å²) in [6, 6.07) is 8.38. The van der Waals surface area contributed by atoms with Crippen LogP contribution in [0.5, 0.6) is 11.5 Å². The van der Waals surface area contributed by atoms with Gasteiger partial charge in [-0.3, -0.25) is 24.2 Å². The van der Waals surface area contributed by atoms with Gasteiger partial charge in [0.05, 0.1) is 54.7 Å². The van der Waals surface area contributed by atoms with Gasteiger partial charge in [-0.2, -0.15) is 0 Å². The fourth-order valence-electron chi connectivity index (χ4n) is 13.3. The average molecular weight is 1140 g/mol. The van der Waals surface area contributed by atoms with E-state index in [0.29, 0.717) is 29.2 Å². The number of rotatable bonds is 17. The topological polar surface area (TPSA) is 220 Å². The predicted molar refractivity (Wildman–Crippen MR) is 300 cm³/mol. The second-order valence-electron chi connectivity index (χ2n) is 23.9. The molecule has 19 atom stereocenters. The number of Topliss-reactive ketones (excluding diaryl/α,β-unsaturated/α-hetero) is 1.